The van der Waals surface area contributed by atoms with E-state index in [1.165, 1.54) is 4.90 Å². The van der Waals surface area contributed by atoms with E-state index in [4.69, 9.17) is 21.1 Å². The lowest BCUT2D eigenvalue weighted by molar-refractivity contribution is -0.155. The number of rotatable bonds is 4. The van der Waals surface area contributed by atoms with Gasteiger partial charge in [0.25, 0.3) is 5.91 Å². The lowest BCUT2D eigenvalue weighted by Crippen LogP contribution is -2.56. The van der Waals surface area contributed by atoms with Gasteiger partial charge in [0.2, 0.25) is 5.91 Å². The molecule has 2 fully saturated rings. The molecule has 4 aliphatic rings. The highest BCUT2D eigenvalue weighted by molar-refractivity contribution is 6.30. The first kappa shape index (κ1) is 24.9. The van der Waals surface area contributed by atoms with Gasteiger partial charge in [-0.2, -0.15) is 0 Å². The number of aliphatic hydroxyl groups is 1. The van der Waals surface area contributed by atoms with Crippen LogP contribution in [0.5, 0.6) is 0 Å². The van der Waals surface area contributed by atoms with Crippen LogP contribution in [0, 0.1) is 11.8 Å². The number of anilines is 1. The second-order valence-corrected chi connectivity index (χ2v) is 10.3. The number of aliphatic hydroxyl groups excluding tert-OH is 1. The Kier molecular flexibility index (Phi) is 6.34. The normalized spacial score (nSPS) is 31.2. The van der Waals surface area contributed by atoms with Crippen molar-refractivity contribution in [3.63, 3.8) is 0 Å². The molecular formula is C29H27ClN2O6. The Bertz CT molecular complexity index is 1310. The van der Waals surface area contributed by atoms with E-state index in [-0.39, 0.29) is 19.1 Å². The molecule has 1 N–H and O–H groups in total. The quantitative estimate of drug-likeness (QED) is 0.478. The Balaban J connectivity index is 1.51. The summed E-state index contributed by atoms with van der Waals surface area (Å²) in [5.41, 5.74) is -0.129. The zero-order chi connectivity index (χ0) is 26.4. The molecule has 2 amide bonds. The average Bonchev–Trinajstić information content (AvgIpc) is 3.30. The number of nitrogens with zero attached hydrogens (tertiary/aromatic N) is 2. The summed E-state index contributed by atoms with van der Waals surface area (Å²) >= 11 is 6.09. The molecule has 1 spiro atoms. The average molecular weight is 535 g/mol. The molecule has 2 aromatic rings. The summed E-state index contributed by atoms with van der Waals surface area (Å²) in [6, 6.07) is 14.0. The summed E-state index contributed by atoms with van der Waals surface area (Å²) in [5.74, 6) is -3.21. The second kappa shape index (κ2) is 9.69. The number of carbonyl (C=O) groups excluding carboxylic acids is 3. The van der Waals surface area contributed by atoms with Gasteiger partial charge in [-0.25, -0.2) is 0 Å². The van der Waals surface area contributed by atoms with Crippen LogP contribution in [0.2, 0.25) is 5.02 Å². The molecule has 6 atom stereocenters. The number of benzene rings is 2. The minimum absolute atomic E-state index is 0.210. The van der Waals surface area contributed by atoms with Crippen molar-refractivity contribution in [2.24, 2.45) is 11.8 Å². The van der Waals surface area contributed by atoms with E-state index in [9.17, 15) is 19.5 Å². The Morgan fingerprint density at radius 1 is 1.03 bits per heavy atom. The fourth-order valence-electron chi connectivity index (χ4n) is 6.26. The molecule has 2 aromatic carbocycles. The summed E-state index contributed by atoms with van der Waals surface area (Å²) in [5, 5.41) is 11.1. The molecule has 0 bridgehead atoms. The SMILES string of the molecule is O=C1OCCC=C[C@@H]2O[C@]34C=CCN(c5ccc(Cl)cc5)C(=O)C3N([C@H](CO)c3ccccc3)C(=O)[C@@H]4[C@H]12. The second-order valence-electron chi connectivity index (χ2n) is 9.91. The standard InChI is InChI=1S/C29H27ClN2O6/c30-19-10-12-20(13-11-19)31-15-6-14-29-24(23-22(38-29)9-4-5-16-37-28(23)36)26(34)32(25(29)27(31)35)21(17-33)18-7-2-1-3-8-18/h1-4,6-14,21-25,33H,5,15-17H2/t21-,22+,23-,24+,25?,29+/m1/s1. The fraction of sp³-hybridized carbons (Fsp3) is 0.345. The number of likely N-dealkylation sites (tertiary alicyclic amines) is 1. The van der Waals surface area contributed by atoms with Gasteiger partial charge in [-0.1, -0.05) is 66.2 Å². The molecule has 2 saturated heterocycles. The molecule has 4 heterocycles. The van der Waals surface area contributed by atoms with Gasteiger partial charge >= 0.3 is 5.97 Å². The Hall–Kier alpha value is -3.46. The van der Waals surface area contributed by atoms with Crippen molar-refractivity contribution in [3.05, 3.63) is 89.5 Å². The van der Waals surface area contributed by atoms with Crippen LogP contribution >= 0.6 is 11.6 Å². The number of carbonyl (C=O) groups is 3. The topological polar surface area (TPSA) is 96.4 Å². The number of fused-ring (bicyclic) bond motifs is 2. The van der Waals surface area contributed by atoms with Gasteiger partial charge in [-0.05, 0) is 36.2 Å². The van der Waals surface area contributed by atoms with Gasteiger partial charge in [0.15, 0.2) is 0 Å². The van der Waals surface area contributed by atoms with Gasteiger partial charge in [0, 0.05) is 17.3 Å². The van der Waals surface area contributed by atoms with Crippen LogP contribution in [0.15, 0.2) is 78.9 Å². The molecule has 0 aliphatic carbocycles. The minimum atomic E-state index is -1.42. The third-order valence-electron chi connectivity index (χ3n) is 7.89. The van der Waals surface area contributed by atoms with E-state index >= 15 is 0 Å². The largest absolute Gasteiger partial charge is 0.465 e. The molecule has 9 heteroatoms. The van der Waals surface area contributed by atoms with Crippen LogP contribution in [0.3, 0.4) is 0 Å². The molecule has 38 heavy (non-hydrogen) atoms. The van der Waals surface area contributed by atoms with Crippen LogP contribution < -0.4 is 4.90 Å². The van der Waals surface area contributed by atoms with Crippen LogP contribution in [0.4, 0.5) is 5.69 Å². The molecule has 0 aromatic heterocycles. The van der Waals surface area contributed by atoms with Crippen molar-refractivity contribution in [1.82, 2.24) is 4.90 Å². The van der Waals surface area contributed by atoms with Crippen LogP contribution in [-0.2, 0) is 23.9 Å². The van der Waals surface area contributed by atoms with E-state index in [1.54, 1.807) is 59.5 Å². The minimum Gasteiger partial charge on any atom is -0.465 e. The smallest absolute Gasteiger partial charge is 0.312 e. The van der Waals surface area contributed by atoms with Crippen molar-refractivity contribution in [2.45, 2.75) is 30.2 Å². The molecule has 4 aliphatic heterocycles. The first-order valence-corrected chi connectivity index (χ1v) is 13.1. The Morgan fingerprint density at radius 2 is 1.79 bits per heavy atom. The van der Waals surface area contributed by atoms with Gasteiger partial charge in [0.05, 0.1) is 31.3 Å². The van der Waals surface area contributed by atoms with Gasteiger partial charge in [-0.3, -0.25) is 14.4 Å². The Labute approximate surface area is 225 Å². The van der Waals surface area contributed by atoms with E-state index in [2.05, 4.69) is 0 Å². The molecule has 0 saturated carbocycles. The summed E-state index contributed by atoms with van der Waals surface area (Å²) in [7, 11) is 0. The molecular weight excluding hydrogens is 508 g/mol. The fourth-order valence-corrected chi connectivity index (χ4v) is 6.39. The maximum atomic E-state index is 14.4. The summed E-state index contributed by atoms with van der Waals surface area (Å²) in [6.07, 6.45) is 7.07. The monoisotopic (exact) mass is 534 g/mol. The van der Waals surface area contributed by atoms with E-state index in [0.717, 1.165) is 0 Å². The lowest BCUT2D eigenvalue weighted by atomic mass is 9.77. The summed E-state index contributed by atoms with van der Waals surface area (Å²) in [6.45, 7) is 0.0367. The molecule has 0 radical (unpaired) electrons. The number of halogens is 1. The van der Waals surface area contributed by atoms with Crippen molar-refractivity contribution in [1.29, 1.82) is 0 Å². The number of hydrogen-bond acceptors (Lipinski definition) is 6. The van der Waals surface area contributed by atoms with E-state index < -0.39 is 54.1 Å². The Morgan fingerprint density at radius 3 is 2.53 bits per heavy atom. The van der Waals surface area contributed by atoms with Gasteiger partial charge < -0.3 is 24.4 Å². The highest BCUT2D eigenvalue weighted by Gasteiger charge is 2.72. The maximum absolute atomic E-state index is 14.4. The van der Waals surface area contributed by atoms with Crippen molar-refractivity contribution in [2.75, 3.05) is 24.7 Å². The zero-order valence-electron chi connectivity index (χ0n) is 20.5. The number of esters is 1. The van der Waals surface area contributed by atoms with Gasteiger partial charge in [0.1, 0.15) is 17.6 Å². The van der Waals surface area contributed by atoms with Gasteiger partial charge in [-0.15, -0.1) is 0 Å². The van der Waals surface area contributed by atoms with Crippen molar-refractivity contribution in [3.8, 4) is 0 Å². The predicted octanol–water partition coefficient (Wildman–Crippen LogP) is 3.06. The predicted molar refractivity (Wildman–Crippen MR) is 139 cm³/mol. The lowest BCUT2D eigenvalue weighted by Gasteiger charge is -2.38. The molecule has 6 rings (SSSR count). The molecule has 8 nitrogen and oxygen atoms in total. The number of ether oxygens (including phenoxy) is 2. The zero-order valence-corrected chi connectivity index (χ0v) is 21.2. The number of hydrogen-bond donors (Lipinski definition) is 1. The molecule has 1 unspecified atom stereocenters. The van der Waals surface area contributed by atoms with E-state index in [1.807, 2.05) is 24.3 Å². The van der Waals surface area contributed by atoms with E-state index in [0.29, 0.717) is 22.7 Å². The third-order valence-corrected chi connectivity index (χ3v) is 8.14. The van der Waals surface area contributed by atoms with Crippen molar-refractivity contribution >= 4 is 35.1 Å². The first-order valence-electron chi connectivity index (χ1n) is 12.7. The summed E-state index contributed by atoms with van der Waals surface area (Å²) < 4.78 is 12.1. The maximum Gasteiger partial charge on any atom is 0.312 e. The molecule has 196 valence electrons. The van der Waals surface area contributed by atoms with Crippen LogP contribution in [0.1, 0.15) is 18.0 Å². The summed E-state index contributed by atoms with van der Waals surface area (Å²) in [4.78, 5) is 45.0. The van der Waals surface area contributed by atoms with Crippen LogP contribution in [-0.4, -0.2) is 65.3 Å². The number of cyclic esters (lactones) is 1. The van der Waals surface area contributed by atoms with Crippen LogP contribution in [0.25, 0.3) is 0 Å². The first-order chi connectivity index (χ1) is 18.5. The highest BCUT2D eigenvalue weighted by atomic mass is 35.5. The highest BCUT2D eigenvalue weighted by Crippen LogP contribution is 2.55. The third kappa shape index (κ3) is 3.78. The van der Waals surface area contributed by atoms with Crippen molar-refractivity contribution < 1.29 is 29.0 Å². The number of amides is 2.